The van der Waals surface area contributed by atoms with Crippen LogP contribution in [0, 0.1) is 11.8 Å². The lowest BCUT2D eigenvalue weighted by Gasteiger charge is -2.30. The number of ether oxygens (including phenoxy) is 2. The highest BCUT2D eigenvalue weighted by molar-refractivity contribution is 5.97. The van der Waals surface area contributed by atoms with Crippen LogP contribution in [0.4, 0.5) is 4.79 Å². The Hall–Kier alpha value is -2.20. The van der Waals surface area contributed by atoms with Crippen LogP contribution in [0.25, 0.3) is 0 Å². The molecule has 2 N–H and O–H groups in total. The smallest absolute Gasteiger partial charge is 0.414 e. The van der Waals surface area contributed by atoms with E-state index in [1.807, 2.05) is 0 Å². The predicted molar refractivity (Wildman–Crippen MR) is 103 cm³/mol. The van der Waals surface area contributed by atoms with Crippen LogP contribution in [0.2, 0.25) is 0 Å². The summed E-state index contributed by atoms with van der Waals surface area (Å²) in [4.78, 5) is 50.2. The summed E-state index contributed by atoms with van der Waals surface area (Å²) in [6.07, 6.45) is 5.61. The van der Waals surface area contributed by atoms with Gasteiger partial charge in [0.1, 0.15) is 12.1 Å². The van der Waals surface area contributed by atoms with Crippen molar-refractivity contribution < 1.29 is 33.9 Å². The molecule has 1 saturated carbocycles. The third-order valence-electron chi connectivity index (χ3n) is 6.20. The predicted octanol–water partition coefficient (Wildman–Crippen LogP) is 1.06. The Bertz CT molecular complexity index is 632. The van der Waals surface area contributed by atoms with E-state index in [9.17, 15) is 24.4 Å². The largest absolute Gasteiger partial charge is 0.443 e. The summed E-state index contributed by atoms with van der Waals surface area (Å²) in [7, 11) is 0. The Morgan fingerprint density at radius 1 is 1.20 bits per heavy atom. The summed E-state index contributed by atoms with van der Waals surface area (Å²) in [5.41, 5.74) is 0. The van der Waals surface area contributed by atoms with Crippen LogP contribution in [0.15, 0.2) is 0 Å². The van der Waals surface area contributed by atoms with Crippen molar-refractivity contribution in [3.05, 3.63) is 0 Å². The van der Waals surface area contributed by atoms with Gasteiger partial charge in [-0.25, -0.2) is 9.86 Å². The van der Waals surface area contributed by atoms with E-state index in [2.05, 4.69) is 5.32 Å². The molecule has 2 heterocycles. The molecule has 168 valence electrons. The van der Waals surface area contributed by atoms with E-state index in [0.29, 0.717) is 56.4 Å². The fraction of sp³-hybridized carbons (Fsp3) is 0.800. The monoisotopic (exact) mass is 425 g/mol. The summed E-state index contributed by atoms with van der Waals surface area (Å²) in [5, 5.41) is 12.4. The maximum absolute atomic E-state index is 13.2. The molecule has 0 aromatic rings. The molecule has 3 atom stereocenters. The minimum absolute atomic E-state index is 0.104. The topological polar surface area (TPSA) is 125 Å². The second-order valence-corrected chi connectivity index (χ2v) is 8.38. The van der Waals surface area contributed by atoms with Crippen LogP contribution >= 0.6 is 0 Å². The van der Waals surface area contributed by atoms with Gasteiger partial charge in [-0.05, 0) is 25.2 Å². The molecule has 2 saturated heterocycles. The number of rotatable bonds is 8. The summed E-state index contributed by atoms with van der Waals surface area (Å²) in [6.45, 7) is 1.12. The quantitative estimate of drug-likeness (QED) is 0.338. The molecule has 0 unspecified atom stereocenters. The number of likely N-dealkylation sites (tertiary alicyclic amines) is 1. The van der Waals surface area contributed by atoms with Crippen LogP contribution in [-0.4, -0.2) is 77.9 Å². The Labute approximate surface area is 175 Å². The molecule has 0 aromatic heterocycles. The summed E-state index contributed by atoms with van der Waals surface area (Å²) >= 11 is 0. The fourth-order valence-corrected chi connectivity index (χ4v) is 4.68. The van der Waals surface area contributed by atoms with Gasteiger partial charge in [0.05, 0.1) is 25.7 Å². The molecule has 3 aliphatic rings. The first-order chi connectivity index (χ1) is 14.5. The normalized spacial score (nSPS) is 25.2. The molecule has 3 rings (SSSR count). The highest BCUT2D eigenvalue weighted by atomic mass is 16.6. The van der Waals surface area contributed by atoms with Crippen molar-refractivity contribution in [2.75, 3.05) is 26.3 Å². The van der Waals surface area contributed by atoms with Gasteiger partial charge in [0.25, 0.3) is 5.91 Å². The van der Waals surface area contributed by atoms with Crippen LogP contribution in [-0.2, 0) is 23.9 Å². The average molecular weight is 425 g/mol. The zero-order chi connectivity index (χ0) is 21.5. The average Bonchev–Trinajstić information content (AvgIpc) is 3.48. The lowest BCUT2D eigenvalue weighted by atomic mass is 9.91. The van der Waals surface area contributed by atoms with Gasteiger partial charge in [-0.15, -0.1) is 0 Å². The molecule has 3 fully saturated rings. The zero-order valence-electron chi connectivity index (χ0n) is 17.2. The van der Waals surface area contributed by atoms with Gasteiger partial charge in [-0.3, -0.25) is 24.9 Å². The minimum atomic E-state index is -0.834. The van der Waals surface area contributed by atoms with Crippen LogP contribution in [0.5, 0.6) is 0 Å². The van der Waals surface area contributed by atoms with Crippen molar-refractivity contribution in [3.8, 4) is 0 Å². The third-order valence-corrected chi connectivity index (χ3v) is 6.20. The fourth-order valence-electron chi connectivity index (χ4n) is 4.68. The van der Waals surface area contributed by atoms with Crippen molar-refractivity contribution >= 4 is 24.3 Å². The Balaban J connectivity index is 1.60. The maximum Gasteiger partial charge on any atom is 0.414 e. The molecular formula is C20H31N3O7. The van der Waals surface area contributed by atoms with Crippen molar-refractivity contribution in [3.63, 3.8) is 0 Å². The summed E-state index contributed by atoms with van der Waals surface area (Å²) < 4.78 is 10.3. The van der Waals surface area contributed by atoms with Gasteiger partial charge in [0.2, 0.25) is 12.3 Å². The number of alkyl carbamates (subject to hydrolysis) is 1. The van der Waals surface area contributed by atoms with Crippen LogP contribution < -0.4 is 5.32 Å². The number of hydrogen-bond acceptors (Lipinski definition) is 7. The lowest BCUT2D eigenvalue weighted by molar-refractivity contribution is -0.158. The minimum Gasteiger partial charge on any atom is -0.443 e. The van der Waals surface area contributed by atoms with E-state index >= 15 is 0 Å². The Morgan fingerprint density at radius 2 is 1.97 bits per heavy atom. The van der Waals surface area contributed by atoms with Crippen LogP contribution in [0.3, 0.4) is 0 Å². The molecule has 2 aliphatic heterocycles. The summed E-state index contributed by atoms with van der Waals surface area (Å²) in [5.74, 6) is -1.05. The molecule has 1 aliphatic carbocycles. The van der Waals surface area contributed by atoms with Crippen molar-refractivity contribution in [2.24, 2.45) is 11.8 Å². The highest BCUT2D eigenvalue weighted by Crippen LogP contribution is 2.32. The highest BCUT2D eigenvalue weighted by Gasteiger charge is 2.39. The van der Waals surface area contributed by atoms with Gasteiger partial charge in [0, 0.05) is 13.0 Å². The SMILES string of the molecule is O=CN(O)C[C@@H](CC1CCCC1)C(=O)N1CCC[C@H]1C(=O)NC(=O)O[C@@H]1CCOC1. The second kappa shape index (κ2) is 10.7. The van der Waals surface area contributed by atoms with E-state index < -0.39 is 24.0 Å². The molecule has 30 heavy (non-hydrogen) atoms. The first-order valence-electron chi connectivity index (χ1n) is 10.8. The standard InChI is InChI=1S/C20H31N3O7/c24-13-22(28)11-15(10-14-4-1-2-5-14)19(26)23-8-3-6-17(23)18(25)21-20(27)30-16-7-9-29-12-16/h13-17,28H,1-12H2,(H,21,25,27)/t15-,16-,17+/m1/s1. The molecule has 0 aromatic carbocycles. The molecule has 10 nitrogen and oxygen atoms in total. The Morgan fingerprint density at radius 3 is 2.63 bits per heavy atom. The van der Waals surface area contributed by atoms with Crippen LogP contribution in [0.1, 0.15) is 51.4 Å². The van der Waals surface area contributed by atoms with Gasteiger partial charge in [-0.2, -0.15) is 0 Å². The lowest BCUT2D eigenvalue weighted by Crippen LogP contribution is -2.51. The van der Waals surface area contributed by atoms with Gasteiger partial charge >= 0.3 is 6.09 Å². The van der Waals surface area contributed by atoms with E-state index in [4.69, 9.17) is 9.47 Å². The van der Waals surface area contributed by atoms with Crippen molar-refractivity contribution in [1.82, 2.24) is 15.3 Å². The summed E-state index contributed by atoms with van der Waals surface area (Å²) in [6, 6.07) is -0.765. The van der Waals surface area contributed by atoms with E-state index in [0.717, 1.165) is 25.7 Å². The number of hydrogen-bond donors (Lipinski definition) is 2. The number of nitrogens with zero attached hydrogens (tertiary/aromatic N) is 2. The molecule has 10 heteroatoms. The number of amides is 4. The molecule has 0 spiro atoms. The number of carbonyl (C=O) groups is 4. The van der Waals surface area contributed by atoms with E-state index in [1.165, 1.54) is 4.90 Å². The number of hydroxylamine groups is 2. The molecular weight excluding hydrogens is 394 g/mol. The third kappa shape index (κ3) is 5.91. The van der Waals surface area contributed by atoms with Crippen molar-refractivity contribution in [2.45, 2.75) is 63.5 Å². The van der Waals surface area contributed by atoms with Gasteiger partial charge < -0.3 is 14.4 Å². The molecule has 0 bridgehead atoms. The van der Waals surface area contributed by atoms with Gasteiger partial charge in [0.15, 0.2) is 0 Å². The van der Waals surface area contributed by atoms with E-state index in [1.54, 1.807) is 0 Å². The molecule has 4 amide bonds. The maximum atomic E-state index is 13.2. The number of imide groups is 1. The van der Waals surface area contributed by atoms with E-state index in [-0.39, 0.29) is 25.0 Å². The second-order valence-electron chi connectivity index (χ2n) is 8.38. The zero-order valence-corrected chi connectivity index (χ0v) is 17.2. The number of nitrogens with one attached hydrogen (secondary N) is 1. The number of carbonyl (C=O) groups excluding carboxylic acids is 4. The van der Waals surface area contributed by atoms with Crippen molar-refractivity contribution in [1.29, 1.82) is 0 Å². The molecule has 0 radical (unpaired) electrons. The Kier molecular flexibility index (Phi) is 8.03. The first-order valence-corrected chi connectivity index (χ1v) is 10.8. The first kappa shape index (κ1) is 22.5. The van der Waals surface area contributed by atoms with Gasteiger partial charge in [-0.1, -0.05) is 25.7 Å².